The molecule has 6 nitrogen and oxygen atoms in total. The predicted octanol–water partition coefficient (Wildman–Crippen LogP) is 2.56. The quantitative estimate of drug-likeness (QED) is 0.800. The lowest BCUT2D eigenvalue weighted by molar-refractivity contribution is 0.0950. The van der Waals surface area contributed by atoms with E-state index in [4.69, 9.17) is 0 Å². The van der Waals surface area contributed by atoms with Crippen LogP contribution in [0.4, 0.5) is 0 Å². The minimum atomic E-state index is -3.56. The number of benzene rings is 1. The first kappa shape index (κ1) is 18.0. The average Bonchev–Trinajstić information content (AvgIpc) is 3.16. The van der Waals surface area contributed by atoms with Crippen molar-refractivity contribution in [1.29, 1.82) is 0 Å². The van der Waals surface area contributed by atoms with Crippen LogP contribution in [0.5, 0.6) is 0 Å². The van der Waals surface area contributed by atoms with E-state index in [1.807, 2.05) is 6.07 Å². The van der Waals surface area contributed by atoms with Crippen LogP contribution in [0.2, 0.25) is 0 Å². The average molecular weight is 424 g/mol. The molecule has 25 heavy (non-hydrogen) atoms. The number of pyridine rings is 1. The molecule has 1 aliphatic heterocycles. The first-order valence-corrected chi connectivity index (χ1v) is 10.2. The number of halogens is 1. The molecule has 1 aromatic heterocycles. The van der Waals surface area contributed by atoms with E-state index < -0.39 is 10.0 Å². The number of hydrogen-bond donors (Lipinski definition) is 1. The van der Waals surface area contributed by atoms with Gasteiger partial charge in [-0.15, -0.1) is 0 Å². The molecule has 0 radical (unpaired) electrons. The van der Waals surface area contributed by atoms with Gasteiger partial charge < -0.3 is 5.32 Å². The van der Waals surface area contributed by atoms with Crippen LogP contribution in [-0.2, 0) is 16.6 Å². The van der Waals surface area contributed by atoms with Gasteiger partial charge >= 0.3 is 0 Å². The fourth-order valence-corrected chi connectivity index (χ4v) is 4.67. The lowest BCUT2D eigenvalue weighted by Gasteiger charge is -2.16. The van der Waals surface area contributed by atoms with E-state index in [1.165, 1.54) is 16.4 Å². The Labute approximate surface area is 155 Å². The second-order valence-corrected chi connectivity index (χ2v) is 8.59. The summed E-state index contributed by atoms with van der Waals surface area (Å²) in [4.78, 5) is 16.6. The number of nitrogens with zero attached hydrogens (tertiary/aromatic N) is 2. The number of nitrogens with one attached hydrogen (secondary N) is 1. The van der Waals surface area contributed by atoms with Crippen LogP contribution in [-0.4, -0.2) is 36.7 Å². The topological polar surface area (TPSA) is 79.4 Å². The van der Waals surface area contributed by atoms with Gasteiger partial charge in [0.05, 0.1) is 10.5 Å². The van der Waals surface area contributed by atoms with E-state index >= 15 is 0 Å². The minimum Gasteiger partial charge on any atom is -0.348 e. The Bertz CT molecular complexity index is 866. The van der Waals surface area contributed by atoms with Crippen molar-refractivity contribution >= 4 is 31.9 Å². The van der Waals surface area contributed by atoms with Crippen LogP contribution < -0.4 is 5.32 Å². The lowest BCUT2D eigenvalue weighted by Crippen LogP contribution is -2.28. The zero-order chi connectivity index (χ0) is 17.9. The Kier molecular flexibility index (Phi) is 5.51. The Morgan fingerprint density at radius 3 is 2.68 bits per heavy atom. The maximum Gasteiger partial charge on any atom is 0.252 e. The van der Waals surface area contributed by atoms with E-state index in [-0.39, 0.29) is 10.8 Å². The molecule has 1 saturated heterocycles. The van der Waals surface area contributed by atoms with Gasteiger partial charge in [-0.3, -0.25) is 9.78 Å². The van der Waals surface area contributed by atoms with E-state index in [0.717, 1.165) is 18.4 Å². The summed E-state index contributed by atoms with van der Waals surface area (Å²) >= 11 is 3.33. The van der Waals surface area contributed by atoms with Gasteiger partial charge in [-0.05, 0) is 58.6 Å². The molecule has 132 valence electrons. The summed E-state index contributed by atoms with van der Waals surface area (Å²) in [5.74, 6) is -0.339. The van der Waals surface area contributed by atoms with Gasteiger partial charge in [-0.25, -0.2) is 8.42 Å². The highest BCUT2D eigenvalue weighted by Crippen LogP contribution is 2.25. The summed E-state index contributed by atoms with van der Waals surface area (Å²) in [6, 6.07) is 8.20. The molecule has 0 unspecified atom stereocenters. The zero-order valence-electron chi connectivity index (χ0n) is 13.5. The van der Waals surface area contributed by atoms with E-state index in [1.54, 1.807) is 24.5 Å². The molecule has 1 N–H and O–H groups in total. The number of rotatable bonds is 5. The summed E-state index contributed by atoms with van der Waals surface area (Å²) in [6.07, 6.45) is 5.07. The number of hydrogen-bond acceptors (Lipinski definition) is 4. The normalized spacial score (nSPS) is 15.2. The molecule has 0 aliphatic carbocycles. The molecule has 1 fully saturated rings. The maximum absolute atomic E-state index is 12.7. The monoisotopic (exact) mass is 423 g/mol. The van der Waals surface area contributed by atoms with Crippen molar-refractivity contribution in [3.8, 4) is 0 Å². The molecule has 1 amide bonds. The summed E-state index contributed by atoms with van der Waals surface area (Å²) in [7, 11) is -3.56. The van der Waals surface area contributed by atoms with Gasteiger partial charge in [0.25, 0.3) is 5.91 Å². The highest BCUT2D eigenvalue weighted by atomic mass is 79.9. The van der Waals surface area contributed by atoms with Crippen LogP contribution in [0.1, 0.15) is 28.8 Å². The van der Waals surface area contributed by atoms with Crippen LogP contribution in [0.25, 0.3) is 0 Å². The lowest BCUT2D eigenvalue weighted by atomic mass is 10.2. The second kappa shape index (κ2) is 7.63. The fraction of sp³-hybridized carbons (Fsp3) is 0.294. The van der Waals surface area contributed by atoms with Crippen molar-refractivity contribution in [1.82, 2.24) is 14.6 Å². The largest absolute Gasteiger partial charge is 0.348 e. The molecule has 1 aliphatic rings. The van der Waals surface area contributed by atoms with Crippen LogP contribution >= 0.6 is 15.9 Å². The Morgan fingerprint density at radius 2 is 2.00 bits per heavy atom. The molecule has 0 bridgehead atoms. The molecular weight excluding hydrogens is 406 g/mol. The van der Waals surface area contributed by atoms with Crippen molar-refractivity contribution in [2.45, 2.75) is 24.3 Å². The van der Waals surface area contributed by atoms with Crippen LogP contribution in [0, 0.1) is 0 Å². The SMILES string of the molecule is O=C(NCc1cccnc1)c1cc(S(=O)(=O)N2CCCC2)ccc1Br. The van der Waals surface area contributed by atoms with Crippen molar-refractivity contribution in [2.24, 2.45) is 0 Å². The molecule has 0 atom stereocenters. The third kappa shape index (κ3) is 4.08. The molecule has 0 spiro atoms. The summed E-state index contributed by atoms with van der Waals surface area (Å²) in [5.41, 5.74) is 1.16. The standard InChI is InChI=1S/C17H18BrN3O3S/c18-16-6-5-14(25(23,24)21-8-1-2-9-21)10-15(16)17(22)20-12-13-4-3-7-19-11-13/h3-7,10-11H,1-2,8-9,12H2,(H,20,22). The molecule has 0 saturated carbocycles. The zero-order valence-corrected chi connectivity index (χ0v) is 15.9. The highest BCUT2D eigenvalue weighted by Gasteiger charge is 2.28. The molecular formula is C17H18BrN3O3S. The smallest absolute Gasteiger partial charge is 0.252 e. The van der Waals surface area contributed by atoms with Crippen LogP contribution in [0.15, 0.2) is 52.1 Å². The number of carbonyl (C=O) groups excluding carboxylic acids is 1. The maximum atomic E-state index is 12.7. The minimum absolute atomic E-state index is 0.143. The summed E-state index contributed by atoms with van der Waals surface area (Å²) in [5, 5.41) is 2.79. The Hall–Kier alpha value is -1.77. The molecule has 2 aromatic rings. The first-order chi connectivity index (χ1) is 12.0. The second-order valence-electron chi connectivity index (χ2n) is 5.80. The third-order valence-electron chi connectivity index (χ3n) is 4.06. The summed E-state index contributed by atoms with van der Waals surface area (Å²) < 4.78 is 27.4. The molecule has 1 aromatic carbocycles. The van der Waals surface area contributed by atoms with Gasteiger partial charge in [-0.1, -0.05) is 6.07 Å². The van der Waals surface area contributed by atoms with Crippen molar-refractivity contribution < 1.29 is 13.2 Å². The van der Waals surface area contributed by atoms with E-state index in [2.05, 4.69) is 26.2 Å². The van der Waals surface area contributed by atoms with E-state index in [9.17, 15) is 13.2 Å². The van der Waals surface area contributed by atoms with Gasteiger partial charge in [-0.2, -0.15) is 4.31 Å². The number of carbonyl (C=O) groups is 1. The Balaban J connectivity index is 1.80. The van der Waals surface area contributed by atoms with Crippen molar-refractivity contribution in [2.75, 3.05) is 13.1 Å². The van der Waals surface area contributed by atoms with Gasteiger partial charge in [0.2, 0.25) is 10.0 Å². The van der Waals surface area contributed by atoms with Crippen molar-refractivity contribution in [3.05, 3.63) is 58.3 Å². The molecule has 2 heterocycles. The van der Waals surface area contributed by atoms with E-state index in [0.29, 0.717) is 29.7 Å². The third-order valence-corrected chi connectivity index (χ3v) is 6.65. The Morgan fingerprint density at radius 1 is 1.24 bits per heavy atom. The first-order valence-electron chi connectivity index (χ1n) is 7.95. The van der Waals surface area contributed by atoms with Crippen LogP contribution in [0.3, 0.4) is 0 Å². The number of aromatic nitrogens is 1. The van der Waals surface area contributed by atoms with Gasteiger partial charge in [0, 0.05) is 36.5 Å². The van der Waals surface area contributed by atoms with Crippen molar-refractivity contribution in [3.63, 3.8) is 0 Å². The molecule has 8 heteroatoms. The predicted molar refractivity (Wildman–Crippen MR) is 97.5 cm³/mol. The number of sulfonamides is 1. The summed E-state index contributed by atoms with van der Waals surface area (Å²) in [6.45, 7) is 1.38. The molecule has 3 rings (SSSR count). The highest BCUT2D eigenvalue weighted by molar-refractivity contribution is 9.10. The fourth-order valence-electron chi connectivity index (χ4n) is 2.70. The van der Waals surface area contributed by atoms with Gasteiger partial charge in [0.1, 0.15) is 0 Å². The number of amides is 1. The van der Waals surface area contributed by atoms with Gasteiger partial charge in [0.15, 0.2) is 0 Å².